The fourth-order valence-electron chi connectivity index (χ4n) is 2.52. The topological polar surface area (TPSA) is 86.7 Å². The molecule has 142 valence electrons. The number of nitrogens with zero attached hydrogens (tertiary/aromatic N) is 1. The van der Waals surface area contributed by atoms with Crippen LogP contribution < -0.4 is 5.32 Å². The maximum atomic E-state index is 13.8. The van der Waals surface area contributed by atoms with Crippen LogP contribution in [0.1, 0.15) is 33.2 Å². The zero-order chi connectivity index (χ0) is 20.1. The van der Waals surface area contributed by atoms with Gasteiger partial charge in [-0.2, -0.15) is 0 Å². The summed E-state index contributed by atoms with van der Waals surface area (Å²) >= 11 is 0. The molecule has 0 aliphatic rings. The largest absolute Gasteiger partial charge is 0.481 e. The number of carboxylic acids is 1. The molecule has 1 atom stereocenters. The van der Waals surface area contributed by atoms with Crippen LogP contribution in [0.3, 0.4) is 0 Å². The Morgan fingerprint density at radius 3 is 2.48 bits per heavy atom. The first kappa shape index (κ1) is 20.1. The van der Waals surface area contributed by atoms with E-state index in [0.717, 1.165) is 0 Å². The Morgan fingerprint density at radius 2 is 1.85 bits per heavy atom. The summed E-state index contributed by atoms with van der Waals surface area (Å²) in [6.45, 7) is 3.32. The molecule has 2 aromatic carbocycles. The number of aliphatic carboxylic acids is 1. The summed E-state index contributed by atoms with van der Waals surface area (Å²) in [6.07, 6.45) is 0. The number of aryl methyl sites for hydroxylation is 1. The van der Waals surface area contributed by atoms with Gasteiger partial charge in [0.25, 0.3) is 11.8 Å². The van der Waals surface area contributed by atoms with Crippen LogP contribution >= 0.6 is 0 Å². The lowest BCUT2D eigenvalue weighted by Gasteiger charge is -2.20. The number of hydrogen-bond donors (Lipinski definition) is 2. The van der Waals surface area contributed by atoms with E-state index in [1.54, 1.807) is 25.1 Å². The maximum absolute atomic E-state index is 13.8. The van der Waals surface area contributed by atoms with Crippen LogP contribution in [-0.4, -0.2) is 41.4 Å². The van der Waals surface area contributed by atoms with Gasteiger partial charge in [-0.25, -0.2) is 4.39 Å². The van der Waals surface area contributed by atoms with Crippen LogP contribution in [0.5, 0.6) is 0 Å². The first-order valence-corrected chi connectivity index (χ1v) is 8.35. The molecule has 27 heavy (non-hydrogen) atoms. The SMILES string of the molecule is Cc1ccc(C(=O)N(C)CC(C)C(=O)O)cc1NC(=O)c1ccccc1F. The highest BCUT2D eigenvalue weighted by atomic mass is 19.1. The molecule has 0 saturated carbocycles. The van der Waals surface area contributed by atoms with E-state index in [1.165, 1.54) is 43.1 Å². The Balaban J connectivity index is 2.20. The molecule has 0 saturated heterocycles. The van der Waals surface area contributed by atoms with Crippen molar-refractivity contribution in [3.8, 4) is 0 Å². The second-order valence-electron chi connectivity index (χ2n) is 6.39. The number of carboxylic acid groups (broad SMARTS) is 1. The lowest BCUT2D eigenvalue weighted by molar-refractivity contribution is -0.141. The van der Waals surface area contributed by atoms with Gasteiger partial charge < -0.3 is 15.3 Å². The van der Waals surface area contributed by atoms with Crippen molar-refractivity contribution in [1.82, 2.24) is 4.90 Å². The van der Waals surface area contributed by atoms with E-state index < -0.39 is 23.6 Å². The summed E-state index contributed by atoms with van der Waals surface area (Å²) in [4.78, 5) is 37.1. The zero-order valence-corrected chi connectivity index (χ0v) is 15.3. The van der Waals surface area contributed by atoms with Crippen LogP contribution in [0.2, 0.25) is 0 Å². The summed E-state index contributed by atoms with van der Waals surface area (Å²) in [7, 11) is 1.51. The molecule has 0 spiro atoms. The Kier molecular flexibility index (Phi) is 6.28. The lowest BCUT2D eigenvalue weighted by atomic mass is 10.1. The van der Waals surface area contributed by atoms with Crippen molar-refractivity contribution in [2.75, 3.05) is 18.9 Å². The minimum Gasteiger partial charge on any atom is -0.481 e. The van der Waals surface area contributed by atoms with Crippen molar-refractivity contribution in [3.63, 3.8) is 0 Å². The first-order valence-electron chi connectivity index (χ1n) is 8.35. The number of nitrogens with one attached hydrogen (secondary N) is 1. The first-order chi connectivity index (χ1) is 12.7. The molecule has 0 fully saturated rings. The maximum Gasteiger partial charge on any atom is 0.308 e. The molecule has 0 radical (unpaired) electrons. The molecular weight excluding hydrogens is 351 g/mol. The average Bonchev–Trinajstić information content (AvgIpc) is 2.63. The predicted octanol–water partition coefficient (Wildman–Crippen LogP) is 3.18. The minimum absolute atomic E-state index is 0.0545. The Bertz CT molecular complexity index is 882. The van der Waals surface area contributed by atoms with Gasteiger partial charge in [-0.05, 0) is 36.8 Å². The number of anilines is 1. The molecule has 2 rings (SSSR count). The Hall–Kier alpha value is -3.22. The molecule has 0 aromatic heterocycles. The van der Waals surface area contributed by atoms with Crippen LogP contribution in [0, 0.1) is 18.7 Å². The quantitative estimate of drug-likeness (QED) is 0.815. The van der Waals surface area contributed by atoms with Crippen molar-refractivity contribution in [2.45, 2.75) is 13.8 Å². The van der Waals surface area contributed by atoms with Gasteiger partial charge in [0.05, 0.1) is 11.5 Å². The lowest BCUT2D eigenvalue weighted by Crippen LogP contribution is -2.33. The number of carbonyl (C=O) groups is 3. The van der Waals surface area contributed by atoms with Crippen LogP contribution in [-0.2, 0) is 4.79 Å². The number of halogens is 1. The minimum atomic E-state index is -0.989. The van der Waals surface area contributed by atoms with Gasteiger partial charge in [0.2, 0.25) is 0 Å². The van der Waals surface area contributed by atoms with Crippen LogP contribution in [0.4, 0.5) is 10.1 Å². The van der Waals surface area contributed by atoms with Gasteiger partial charge in [0, 0.05) is 24.8 Å². The average molecular weight is 372 g/mol. The second kappa shape index (κ2) is 8.44. The van der Waals surface area contributed by atoms with Gasteiger partial charge in [0.1, 0.15) is 5.82 Å². The van der Waals surface area contributed by atoms with Gasteiger partial charge in [-0.3, -0.25) is 14.4 Å². The Labute approximate surface area is 156 Å². The van der Waals surface area contributed by atoms with E-state index in [0.29, 0.717) is 16.8 Å². The third kappa shape index (κ3) is 4.91. The predicted molar refractivity (Wildman–Crippen MR) is 99.3 cm³/mol. The molecule has 2 aromatic rings. The standard InChI is InChI=1S/C20H21FN2O4/c1-12-8-9-14(19(25)23(3)11-13(2)20(26)27)10-17(12)22-18(24)15-6-4-5-7-16(15)21/h4-10,13H,11H2,1-3H3,(H,22,24)(H,26,27). The highest BCUT2D eigenvalue weighted by molar-refractivity contribution is 6.05. The van der Waals surface area contributed by atoms with E-state index in [9.17, 15) is 18.8 Å². The molecular formula is C20H21FN2O4. The monoisotopic (exact) mass is 372 g/mol. The summed E-state index contributed by atoms with van der Waals surface area (Å²) in [5, 5.41) is 11.6. The smallest absolute Gasteiger partial charge is 0.308 e. The second-order valence-corrected chi connectivity index (χ2v) is 6.39. The van der Waals surface area contributed by atoms with Crippen molar-refractivity contribution < 1.29 is 23.9 Å². The summed E-state index contributed by atoms with van der Waals surface area (Å²) < 4.78 is 13.8. The number of hydrogen-bond acceptors (Lipinski definition) is 3. The molecule has 0 aliphatic carbocycles. The fraction of sp³-hybridized carbons (Fsp3) is 0.250. The molecule has 6 nitrogen and oxygen atoms in total. The molecule has 1 unspecified atom stereocenters. The number of benzene rings is 2. The fourth-order valence-corrected chi connectivity index (χ4v) is 2.52. The van der Waals surface area contributed by atoms with E-state index in [4.69, 9.17) is 5.11 Å². The Morgan fingerprint density at radius 1 is 1.19 bits per heavy atom. The van der Waals surface area contributed by atoms with Crippen molar-refractivity contribution in [3.05, 3.63) is 65.0 Å². The molecule has 0 bridgehead atoms. The van der Waals surface area contributed by atoms with E-state index >= 15 is 0 Å². The summed E-state index contributed by atoms with van der Waals surface area (Å²) in [5.41, 5.74) is 1.29. The van der Waals surface area contributed by atoms with Crippen molar-refractivity contribution in [1.29, 1.82) is 0 Å². The van der Waals surface area contributed by atoms with Crippen LogP contribution in [0.25, 0.3) is 0 Å². The van der Waals surface area contributed by atoms with Crippen molar-refractivity contribution >= 4 is 23.5 Å². The van der Waals surface area contributed by atoms with Gasteiger partial charge in [0.15, 0.2) is 0 Å². The number of rotatable bonds is 6. The van der Waals surface area contributed by atoms with Gasteiger partial charge >= 0.3 is 5.97 Å². The highest BCUT2D eigenvalue weighted by Crippen LogP contribution is 2.20. The normalized spacial score (nSPS) is 11.6. The third-order valence-corrected chi connectivity index (χ3v) is 4.17. The zero-order valence-electron chi connectivity index (χ0n) is 15.3. The number of amides is 2. The molecule has 0 heterocycles. The highest BCUT2D eigenvalue weighted by Gasteiger charge is 2.20. The summed E-state index contributed by atoms with van der Waals surface area (Å²) in [6, 6.07) is 10.4. The molecule has 2 N–H and O–H groups in total. The number of carbonyl (C=O) groups excluding carboxylic acids is 2. The molecule has 0 aliphatic heterocycles. The third-order valence-electron chi connectivity index (χ3n) is 4.17. The summed E-state index contributed by atoms with van der Waals surface area (Å²) in [5.74, 6) is -3.32. The van der Waals surface area contributed by atoms with Gasteiger partial charge in [-0.1, -0.05) is 25.1 Å². The van der Waals surface area contributed by atoms with E-state index in [-0.39, 0.29) is 18.0 Å². The van der Waals surface area contributed by atoms with E-state index in [2.05, 4.69) is 5.32 Å². The van der Waals surface area contributed by atoms with E-state index in [1.807, 2.05) is 0 Å². The van der Waals surface area contributed by atoms with Gasteiger partial charge in [-0.15, -0.1) is 0 Å². The molecule has 7 heteroatoms. The molecule has 2 amide bonds. The van der Waals surface area contributed by atoms with Crippen LogP contribution in [0.15, 0.2) is 42.5 Å². The van der Waals surface area contributed by atoms with Crippen molar-refractivity contribution in [2.24, 2.45) is 5.92 Å².